The standard InChI is InChI=1S/C17H15FN4O7/c1-2-19-13-6-3-10(7-15(13)22(27)28)17(24)29-9-16(23)20-11-4-5-12(18)14(8-11)21(25)26/h3-8,19H,2,9H2,1H3,(H,20,23). The van der Waals surface area contributed by atoms with Gasteiger partial charge in [0.2, 0.25) is 5.82 Å². The summed E-state index contributed by atoms with van der Waals surface area (Å²) in [5.74, 6) is -2.88. The summed E-state index contributed by atoms with van der Waals surface area (Å²) in [7, 11) is 0. The monoisotopic (exact) mass is 406 g/mol. The molecule has 0 unspecified atom stereocenters. The zero-order valence-corrected chi connectivity index (χ0v) is 15.0. The fourth-order valence-corrected chi connectivity index (χ4v) is 2.29. The molecule has 0 radical (unpaired) electrons. The summed E-state index contributed by atoms with van der Waals surface area (Å²) >= 11 is 0. The molecular weight excluding hydrogens is 391 g/mol. The van der Waals surface area contributed by atoms with Crippen molar-refractivity contribution >= 4 is 34.6 Å². The number of rotatable bonds is 8. The molecule has 152 valence electrons. The van der Waals surface area contributed by atoms with Crippen molar-refractivity contribution in [3.63, 3.8) is 0 Å². The Morgan fingerprint density at radius 2 is 1.76 bits per heavy atom. The van der Waals surface area contributed by atoms with Gasteiger partial charge in [-0.1, -0.05) is 0 Å². The first kappa shape index (κ1) is 21.2. The lowest BCUT2D eigenvalue weighted by Gasteiger charge is -2.08. The maximum Gasteiger partial charge on any atom is 0.338 e. The molecule has 2 aromatic rings. The normalized spacial score (nSPS) is 10.1. The first-order valence-electron chi connectivity index (χ1n) is 8.16. The number of carbonyl (C=O) groups is 2. The number of anilines is 2. The molecule has 29 heavy (non-hydrogen) atoms. The Morgan fingerprint density at radius 1 is 1.07 bits per heavy atom. The van der Waals surface area contributed by atoms with E-state index in [0.29, 0.717) is 6.54 Å². The smallest absolute Gasteiger partial charge is 0.338 e. The zero-order chi connectivity index (χ0) is 21.6. The SMILES string of the molecule is CCNc1ccc(C(=O)OCC(=O)Nc2ccc(F)c([N+](=O)[O-])c2)cc1[N+](=O)[O-]. The van der Waals surface area contributed by atoms with Crippen molar-refractivity contribution in [2.75, 3.05) is 23.8 Å². The second-order valence-electron chi connectivity index (χ2n) is 5.57. The number of nitro benzene ring substituents is 2. The maximum absolute atomic E-state index is 13.3. The third kappa shape index (κ3) is 5.45. The summed E-state index contributed by atoms with van der Waals surface area (Å²) in [6, 6.07) is 6.39. The molecule has 0 bridgehead atoms. The number of nitrogens with one attached hydrogen (secondary N) is 2. The molecule has 2 N–H and O–H groups in total. The van der Waals surface area contributed by atoms with Gasteiger partial charge in [0.15, 0.2) is 6.61 Å². The maximum atomic E-state index is 13.3. The lowest BCUT2D eigenvalue weighted by Crippen LogP contribution is -2.21. The molecule has 11 nitrogen and oxygen atoms in total. The van der Waals surface area contributed by atoms with Gasteiger partial charge in [0, 0.05) is 24.4 Å². The minimum Gasteiger partial charge on any atom is -0.452 e. The molecule has 1 amide bonds. The summed E-state index contributed by atoms with van der Waals surface area (Å²) in [6.07, 6.45) is 0. The molecule has 2 aromatic carbocycles. The number of nitrogens with zero attached hydrogens (tertiary/aromatic N) is 2. The number of carbonyl (C=O) groups excluding carboxylic acids is 2. The predicted octanol–water partition coefficient (Wildman–Crippen LogP) is 2.87. The second kappa shape index (κ2) is 9.21. The molecule has 0 fully saturated rings. The molecule has 0 aliphatic rings. The zero-order valence-electron chi connectivity index (χ0n) is 15.0. The fourth-order valence-electron chi connectivity index (χ4n) is 2.29. The van der Waals surface area contributed by atoms with E-state index in [1.54, 1.807) is 6.92 Å². The van der Waals surface area contributed by atoms with E-state index in [9.17, 15) is 34.2 Å². The molecule has 0 aromatic heterocycles. The van der Waals surface area contributed by atoms with E-state index in [4.69, 9.17) is 4.74 Å². The van der Waals surface area contributed by atoms with E-state index in [1.165, 1.54) is 12.1 Å². The van der Waals surface area contributed by atoms with Gasteiger partial charge >= 0.3 is 11.7 Å². The van der Waals surface area contributed by atoms with Crippen LogP contribution >= 0.6 is 0 Å². The lowest BCUT2D eigenvalue weighted by atomic mass is 10.1. The third-order valence-electron chi connectivity index (χ3n) is 3.56. The number of halogens is 1. The molecule has 0 aliphatic heterocycles. The summed E-state index contributed by atoms with van der Waals surface area (Å²) in [4.78, 5) is 44.1. The van der Waals surface area contributed by atoms with Gasteiger partial charge in [-0.05, 0) is 31.2 Å². The van der Waals surface area contributed by atoms with Crippen LogP contribution in [0.1, 0.15) is 17.3 Å². The van der Waals surface area contributed by atoms with E-state index >= 15 is 0 Å². The third-order valence-corrected chi connectivity index (χ3v) is 3.56. The van der Waals surface area contributed by atoms with Crippen molar-refractivity contribution in [3.8, 4) is 0 Å². The van der Waals surface area contributed by atoms with Crippen LogP contribution in [-0.2, 0) is 9.53 Å². The summed E-state index contributed by atoms with van der Waals surface area (Å²) in [6.45, 7) is 1.43. The Hall–Kier alpha value is -4.09. The first-order valence-corrected chi connectivity index (χ1v) is 8.16. The van der Waals surface area contributed by atoms with Gasteiger partial charge in [0.25, 0.3) is 11.6 Å². The van der Waals surface area contributed by atoms with Crippen LogP contribution < -0.4 is 10.6 Å². The van der Waals surface area contributed by atoms with Crippen LogP contribution in [0.2, 0.25) is 0 Å². The molecule has 0 atom stereocenters. The number of hydrogen-bond acceptors (Lipinski definition) is 8. The second-order valence-corrected chi connectivity index (χ2v) is 5.57. The number of ether oxygens (including phenoxy) is 1. The molecule has 0 aliphatic carbocycles. The topological polar surface area (TPSA) is 154 Å². The van der Waals surface area contributed by atoms with Crippen molar-refractivity contribution < 1.29 is 28.6 Å². The fraction of sp³-hybridized carbons (Fsp3) is 0.176. The summed E-state index contributed by atoms with van der Waals surface area (Å²) in [5.41, 5.74) is -1.13. The largest absolute Gasteiger partial charge is 0.452 e. The van der Waals surface area contributed by atoms with Crippen molar-refractivity contribution in [2.45, 2.75) is 6.92 Å². The van der Waals surface area contributed by atoms with Crippen LogP contribution in [-0.4, -0.2) is 34.9 Å². The van der Waals surface area contributed by atoms with Crippen LogP contribution in [0.3, 0.4) is 0 Å². The van der Waals surface area contributed by atoms with E-state index in [1.807, 2.05) is 0 Å². The highest BCUT2D eigenvalue weighted by Gasteiger charge is 2.19. The Bertz CT molecular complexity index is 980. The van der Waals surface area contributed by atoms with E-state index in [0.717, 1.165) is 24.3 Å². The molecule has 0 spiro atoms. The van der Waals surface area contributed by atoms with Gasteiger partial charge in [-0.2, -0.15) is 4.39 Å². The van der Waals surface area contributed by atoms with Gasteiger partial charge in [-0.25, -0.2) is 4.79 Å². The number of nitro groups is 2. The predicted molar refractivity (Wildman–Crippen MR) is 99.2 cm³/mol. The molecule has 12 heteroatoms. The highest BCUT2D eigenvalue weighted by Crippen LogP contribution is 2.26. The van der Waals surface area contributed by atoms with Gasteiger partial charge in [0.1, 0.15) is 5.69 Å². The Kier molecular flexibility index (Phi) is 6.74. The number of amides is 1. The summed E-state index contributed by atoms with van der Waals surface area (Å²) in [5, 5.41) is 26.8. The highest BCUT2D eigenvalue weighted by molar-refractivity contribution is 5.96. The quantitative estimate of drug-likeness (QED) is 0.385. The molecular formula is C17H15FN4O7. The van der Waals surface area contributed by atoms with Crippen molar-refractivity contribution in [1.29, 1.82) is 0 Å². The minimum atomic E-state index is -1.07. The van der Waals surface area contributed by atoms with Crippen LogP contribution in [0.5, 0.6) is 0 Å². The highest BCUT2D eigenvalue weighted by atomic mass is 19.1. The molecule has 0 saturated heterocycles. The number of benzene rings is 2. The van der Waals surface area contributed by atoms with E-state index in [-0.39, 0.29) is 22.6 Å². The Balaban J connectivity index is 2.03. The van der Waals surface area contributed by atoms with Crippen LogP contribution in [0, 0.1) is 26.0 Å². The van der Waals surface area contributed by atoms with Crippen LogP contribution in [0.4, 0.5) is 27.1 Å². The number of hydrogen-bond donors (Lipinski definition) is 2. The van der Waals surface area contributed by atoms with Crippen molar-refractivity contribution in [2.24, 2.45) is 0 Å². The van der Waals surface area contributed by atoms with E-state index < -0.39 is 39.8 Å². The minimum absolute atomic E-state index is 0.0650. The number of esters is 1. The van der Waals surface area contributed by atoms with Crippen LogP contribution in [0.15, 0.2) is 36.4 Å². The Morgan fingerprint density at radius 3 is 2.38 bits per heavy atom. The first-order chi connectivity index (χ1) is 13.7. The average Bonchev–Trinajstić information content (AvgIpc) is 2.67. The molecule has 0 heterocycles. The molecule has 0 saturated carbocycles. The van der Waals surface area contributed by atoms with Gasteiger partial charge < -0.3 is 15.4 Å². The molecule has 2 rings (SSSR count). The average molecular weight is 406 g/mol. The van der Waals surface area contributed by atoms with Gasteiger partial charge in [-0.15, -0.1) is 0 Å². The van der Waals surface area contributed by atoms with Crippen LogP contribution in [0.25, 0.3) is 0 Å². The summed E-state index contributed by atoms with van der Waals surface area (Å²) < 4.78 is 18.1. The lowest BCUT2D eigenvalue weighted by molar-refractivity contribution is -0.387. The Labute approximate surface area is 162 Å². The van der Waals surface area contributed by atoms with E-state index in [2.05, 4.69) is 10.6 Å². The van der Waals surface area contributed by atoms with Gasteiger partial charge in [0.05, 0.1) is 15.4 Å². The van der Waals surface area contributed by atoms with Crippen molar-refractivity contribution in [3.05, 3.63) is 68.0 Å². The van der Waals surface area contributed by atoms with Gasteiger partial charge in [-0.3, -0.25) is 25.0 Å². The van der Waals surface area contributed by atoms with Crippen molar-refractivity contribution in [1.82, 2.24) is 0 Å².